The van der Waals surface area contributed by atoms with Crippen LogP contribution in [-0.4, -0.2) is 45.5 Å². The van der Waals surface area contributed by atoms with Gasteiger partial charge in [0.15, 0.2) is 0 Å². The van der Waals surface area contributed by atoms with Crippen LogP contribution in [0.1, 0.15) is 23.3 Å². The van der Waals surface area contributed by atoms with E-state index in [1.54, 1.807) is 0 Å². The Morgan fingerprint density at radius 3 is 2.62 bits per heavy atom. The first-order valence-electron chi connectivity index (χ1n) is 8.74. The van der Waals surface area contributed by atoms with Gasteiger partial charge in [-0.15, -0.1) is 5.10 Å². The first-order chi connectivity index (χ1) is 12.8. The van der Waals surface area contributed by atoms with Crippen molar-refractivity contribution in [1.82, 2.24) is 19.9 Å². The molecule has 1 fully saturated rings. The van der Waals surface area contributed by atoms with Gasteiger partial charge in [0.1, 0.15) is 11.4 Å². The second kappa shape index (κ2) is 7.00. The van der Waals surface area contributed by atoms with Crippen molar-refractivity contribution < 1.29 is 9.53 Å². The standard InChI is InChI=1S/C20H20N4O2/c1-2-26-19-11-7-6-10-17(19)20(25)23-12-16(13-23)24-14-18(21-22-24)15-8-4-3-5-9-15/h3-11,14,16H,2,12-13H2,1H3. The number of ether oxygens (including phenoxy) is 1. The predicted octanol–water partition coefficient (Wildman–Crippen LogP) is 3.04. The average molecular weight is 348 g/mol. The van der Waals surface area contributed by atoms with E-state index in [1.807, 2.05) is 77.3 Å². The number of benzene rings is 2. The lowest BCUT2D eigenvalue weighted by molar-refractivity contribution is 0.0494. The molecule has 4 rings (SSSR count). The Labute approximate surface area is 152 Å². The van der Waals surface area contributed by atoms with Crippen molar-refractivity contribution in [2.75, 3.05) is 19.7 Å². The van der Waals surface area contributed by atoms with Gasteiger partial charge in [-0.05, 0) is 19.1 Å². The lowest BCUT2D eigenvalue weighted by Crippen LogP contribution is -2.51. The molecule has 0 bridgehead atoms. The van der Waals surface area contributed by atoms with Gasteiger partial charge in [-0.25, -0.2) is 4.68 Å². The Kier molecular flexibility index (Phi) is 4.39. The lowest BCUT2D eigenvalue weighted by atomic mass is 10.1. The van der Waals surface area contributed by atoms with Crippen LogP contribution >= 0.6 is 0 Å². The summed E-state index contributed by atoms with van der Waals surface area (Å²) in [4.78, 5) is 14.5. The monoisotopic (exact) mass is 348 g/mol. The molecule has 26 heavy (non-hydrogen) atoms. The lowest BCUT2D eigenvalue weighted by Gasteiger charge is -2.39. The fourth-order valence-corrected chi connectivity index (χ4v) is 3.08. The van der Waals surface area contributed by atoms with Crippen molar-refractivity contribution in [3.05, 3.63) is 66.4 Å². The summed E-state index contributed by atoms with van der Waals surface area (Å²) in [6.07, 6.45) is 1.94. The highest BCUT2D eigenvalue weighted by molar-refractivity contribution is 5.97. The smallest absolute Gasteiger partial charge is 0.257 e. The molecule has 0 unspecified atom stereocenters. The molecule has 0 atom stereocenters. The van der Waals surface area contributed by atoms with E-state index in [4.69, 9.17) is 4.74 Å². The largest absolute Gasteiger partial charge is 0.493 e. The van der Waals surface area contributed by atoms with Crippen LogP contribution in [-0.2, 0) is 0 Å². The van der Waals surface area contributed by atoms with Gasteiger partial charge in [0.25, 0.3) is 5.91 Å². The summed E-state index contributed by atoms with van der Waals surface area (Å²) in [5.74, 6) is 0.629. The third-order valence-electron chi connectivity index (χ3n) is 4.52. The van der Waals surface area contributed by atoms with E-state index in [0.717, 1.165) is 11.3 Å². The van der Waals surface area contributed by atoms with Gasteiger partial charge in [-0.1, -0.05) is 47.7 Å². The number of hydrogen-bond donors (Lipinski definition) is 0. The summed E-state index contributed by atoms with van der Waals surface area (Å²) in [6.45, 7) is 3.69. The highest BCUT2D eigenvalue weighted by Crippen LogP contribution is 2.27. The Bertz CT molecular complexity index is 901. The molecule has 1 aliphatic rings. The Morgan fingerprint density at radius 1 is 1.12 bits per heavy atom. The zero-order valence-electron chi connectivity index (χ0n) is 14.6. The molecule has 3 aromatic rings. The molecular formula is C20H20N4O2. The van der Waals surface area contributed by atoms with Crippen molar-refractivity contribution in [1.29, 1.82) is 0 Å². The molecule has 1 aliphatic heterocycles. The number of likely N-dealkylation sites (tertiary alicyclic amines) is 1. The van der Waals surface area contributed by atoms with Crippen LogP contribution in [0.2, 0.25) is 0 Å². The van der Waals surface area contributed by atoms with Gasteiger partial charge in [-0.2, -0.15) is 0 Å². The SMILES string of the molecule is CCOc1ccccc1C(=O)N1CC(n2cc(-c3ccccc3)nn2)C1. The van der Waals surface area contributed by atoms with Crippen molar-refractivity contribution in [2.24, 2.45) is 0 Å². The van der Waals surface area contributed by atoms with E-state index >= 15 is 0 Å². The first-order valence-corrected chi connectivity index (χ1v) is 8.74. The number of para-hydroxylation sites is 1. The number of hydrogen-bond acceptors (Lipinski definition) is 4. The summed E-state index contributed by atoms with van der Waals surface area (Å²) in [6, 6.07) is 17.5. The van der Waals surface area contributed by atoms with Crippen molar-refractivity contribution in [3.8, 4) is 17.0 Å². The van der Waals surface area contributed by atoms with Crippen LogP contribution in [0.15, 0.2) is 60.8 Å². The number of aromatic nitrogens is 3. The molecule has 1 saturated heterocycles. The second-order valence-electron chi connectivity index (χ2n) is 6.24. The van der Waals surface area contributed by atoms with Crippen LogP contribution in [0, 0.1) is 0 Å². The minimum absolute atomic E-state index is 0.00584. The summed E-state index contributed by atoms with van der Waals surface area (Å²) >= 11 is 0. The zero-order chi connectivity index (χ0) is 17.9. The maximum Gasteiger partial charge on any atom is 0.257 e. The van der Waals surface area contributed by atoms with Crippen molar-refractivity contribution in [3.63, 3.8) is 0 Å². The van der Waals surface area contributed by atoms with Crippen LogP contribution in [0.5, 0.6) is 5.75 Å². The van der Waals surface area contributed by atoms with Crippen molar-refractivity contribution >= 4 is 5.91 Å². The molecule has 0 N–H and O–H groups in total. The average Bonchev–Trinajstić information content (AvgIpc) is 3.11. The van der Waals surface area contributed by atoms with E-state index in [-0.39, 0.29) is 11.9 Å². The fraction of sp³-hybridized carbons (Fsp3) is 0.250. The topological polar surface area (TPSA) is 60.2 Å². The molecule has 6 heteroatoms. The molecule has 1 amide bonds. The number of amides is 1. The zero-order valence-corrected chi connectivity index (χ0v) is 14.6. The summed E-state index contributed by atoms with van der Waals surface area (Å²) in [5.41, 5.74) is 2.49. The number of carbonyl (C=O) groups excluding carboxylic acids is 1. The highest BCUT2D eigenvalue weighted by atomic mass is 16.5. The van der Waals surface area contributed by atoms with Crippen LogP contribution in [0.3, 0.4) is 0 Å². The summed E-state index contributed by atoms with van der Waals surface area (Å²) in [7, 11) is 0. The normalized spacial score (nSPS) is 14.1. The van der Waals surface area contributed by atoms with E-state index in [1.165, 1.54) is 0 Å². The minimum atomic E-state index is -0.00584. The first kappa shape index (κ1) is 16.3. The van der Waals surface area contributed by atoms with E-state index in [0.29, 0.717) is 31.0 Å². The van der Waals surface area contributed by atoms with Gasteiger partial charge in [0, 0.05) is 18.7 Å². The summed E-state index contributed by atoms with van der Waals surface area (Å²) < 4.78 is 7.41. The van der Waals surface area contributed by atoms with Crippen LogP contribution in [0.4, 0.5) is 0 Å². The molecular weight excluding hydrogens is 328 g/mol. The van der Waals surface area contributed by atoms with E-state index in [2.05, 4.69) is 10.3 Å². The number of nitrogens with zero attached hydrogens (tertiary/aromatic N) is 4. The van der Waals surface area contributed by atoms with Crippen molar-refractivity contribution in [2.45, 2.75) is 13.0 Å². The van der Waals surface area contributed by atoms with Gasteiger partial charge in [-0.3, -0.25) is 4.79 Å². The van der Waals surface area contributed by atoms with Gasteiger partial charge in [0.05, 0.1) is 24.4 Å². The highest BCUT2D eigenvalue weighted by Gasteiger charge is 2.34. The van der Waals surface area contributed by atoms with Gasteiger partial charge < -0.3 is 9.64 Å². The predicted molar refractivity (Wildman–Crippen MR) is 98.0 cm³/mol. The minimum Gasteiger partial charge on any atom is -0.493 e. The fourth-order valence-electron chi connectivity index (χ4n) is 3.08. The molecule has 6 nitrogen and oxygen atoms in total. The molecule has 132 valence electrons. The van der Waals surface area contributed by atoms with Crippen LogP contribution < -0.4 is 4.74 Å². The molecule has 0 aliphatic carbocycles. The molecule has 2 aromatic carbocycles. The number of rotatable bonds is 5. The van der Waals surface area contributed by atoms with Crippen LogP contribution in [0.25, 0.3) is 11.3 Å². The second-order valence-corrected chi connectivity index (χ2v) is 6.24. The molecule has 0 saturated carbocycles. The third-order valence-corrected chi connectivity index (χ3v) is 4.52. The Balaban J connectivity index is 1.43. The Hall–Kier alpha value is -3.15. The molecule has 1 aromatic heterocycles. The molecule has 2 heterocycles. The van der Waals surface area contributed by atoms with E-state index < -0.39 is 0 Å². The third kappa shape index (κ3) is 3.06. The molecule has 0 spiro atoms. The van der Waals surface area contributed by atoms with Gasteiger partial charge >= 0.3 is 0 Å². The quantitative estimate of drug-likeness (QED) is 0.711. The molecule has 0 radical (unpaired) electrons. The maximum atomic E-state index is 12.7. The maximum absolute atomic E-state index is 12.7. The van der Waals surface area contributed by atoms with E-state index in [9.17, 15) is 4.79 Å². The Morgan fingerprint density at radius 2 is 1.85 bits per heavy atom. The van der Waals surface area contributed by atoms with Gasteiger partial charge in [0.2, 0.25) is 0 Å². The summed E-state index contributed by atoms with van der Waals surface area (Å²) in [5, 5.41) is 8.48. The number of carbonyl (C=O) groups is 1.